The molecule has 0 radical (unpaired) electrons. The first-order valence-corrected chi connectivity index (χ1v) is 3.22. The van der Waals surface area contributed by atoms with Crippen LogP contribution in [0, 0.1) is 0 Å². The Balaban J connectivity index is 0.000000172. The Morgan fingerprint density at radius 2 is 1.80 bits per heavy atom. The van der Waals surface area contributed by atoms with Crippen molar-refractivity contribution in [2.75, 3.05) is 19.8 Å². The molecular formula is C6H14O4. The molecule has 4 heteroatoms. The van der Waals surface area contributed by atoms with Crippen LogP contribution >= 0.6 is 0 Å². The first-order chi connectivity index (χ1) is 4.70. The van der Waals surface area contributed by atoms with Crippen molar-refractivity contribution >= 4 is 0 Å². The first-order valence-electron chi connectivity index (χ1n) is 3.22. The molecule has 1 heterocycles. The van der Waals surface area contributed by atoms with E-state index in [1.807, 2.05) is 0 Å². The highest BCUT2D eigenvalue weighted by atomic mass is 16.6. The molecule has 0 aliphatic carbocycles. The molecule has 1 aliphatic rings. The number of epoxide rings is 1. The molecule has 0 amide bonds. The van der Waals surface area contributed by atoms with Crippen LogP contribution in [0.1, 0.15) is 6.92 Å². The predicted octanol–water partition coefficient (Wildman–Crippen LogP) is -1.26. The Morgan fingerprint density at radius 3 is 1.80 bits per heavy atom. The molecule has 10 heavy (non-hydrogen) atoms. The predicted molar refractivity (Wildman–Crippen MR) is 35.6 cm³/mol. The molecule has 1 rings (SSSR count). The fourth-order valence-corrected chi connectivity index (χ4v) is 0.154. The molecule has 62 valence electrons. The lowest BCUT2D eigenvalue weighted by Crippen LogP contribution is -2.15. The fourth-order valence-electron chi connectivity index (χ4n) is 0.154. The summed E-state index contributed by atoms with van der Waals surface area (Å²) in [5.41, 5.74) is 0. The van der Waals surface area contributed by atoms with Gasteiger partial charge in [0.2, 0.25) is 0 Å². The lowest BCUT2D eigenvalue weighted by molar-refractivity contribution is 0.0450. The van der Waals surface area contributed by atoms with Gasteiger partial charge in [0.1, 0.15) is 6.10 Å². The van der Waals surface area contributed by atoms with E-state index in [4.69, 9.17) is 20.1 Å². The van der Waals surface area contributed by atoms with Crippen molar-refractivity contribution in [1.82, 2.24) is 0 Å². The van der Waals surface area contributed by atoms with E-state index in [0.29, 0.717) is 6.10 Å². The van der Waals surface area contributed by atoms with Crippen LogP contribution in [0.3, 0.4) is 0 Å². The van der Waals surface area contributed by atoms with Crippen molar-refractivity contribution in [2.45, 2.75) is 19.1 Å². The summed E-state index contributed by atoms with van der Waals surface area (Å²) >= 11 is 0. The number of ether oxygens (including phenoxy) is 1. The van der Waals surface area contributed by atoms with Crippen LogP contribution in [-0.2, 0) is 4.74 Å². The molecule has 0 spiro atoms. The molecule has 1 atom stereocenters. The Morgan fingerprint density at radius 1 is 1.50 bits per heavy atom. The summed E-state index contributed by atoms with van der Waals surface area (Å²) < 4.78 is 4.71. The van der Waals surface area contributed by atoms with Crippen molar-refractivity contribution in [2.24, 2.45) is 0 Å². The Bertz CT molecular complexity index is 68.1. The monoisotopic (exact) mass is 150 g/mol. The van der Waals surface area contributed by atoms with E-state index in [2.05, 4.69) is 6.92 Å². The van der Waals surface area contributed by atoms with Crippen molar-refractivity contribution in [3.8, 4) is 0 Å². The van der Waals surface area contributed by atoms with Gasteiger partial charge in [-0.2, -0.15) is 0 Å². The van der Waals surface area contributed by atoms with E-state index in [1.165, 1.54) is 0 Å². The summed E-state index contributed by atoms with van der Waals surface area (Å²) in [6.07, 6.45) is -0.370. The van der Waals surface area contributed by atoms with Crippen LogP contribution in [0.2, 0.25) is 0 Å². The van der Waals surface area contributed by atoms with Gasteiger partial charge in [0.15, 0.2) is 0 Å². The molecule has 0 aromatic rings. The second kappa shape index (κ2) is 5.61. The van der Waals surface area contributed by atoms with Crippen molar-refractivity contribution in [3.63, 3.8) is 0 Å². The molecule has 1 fully saturated rings. The summed E-state index contributed by atoms with van der Waals surface area (Å²) in [6, 6.07) is 0. The van der Waals surface area contributed by atoms with Crippen LogP contribution in [0.5, 0.6) is 0 Å². The van der Waals surface area contributed by atoms with Gasteiger partial charge in [-0.25, -0.2) is 0 Å². The molecule has 1 saturated heterocycles. The zero-order valence-corrected chi connectivity index (χ0v) is 6.03. The Hall–Kier alpha value is -0.160. The van der Waals surface area contributed by atoms with Gasteiger partial charge in [-0.15, -0.1) is 0 Å². The first kappa shape index (κ1) is 9.84. The summed E-state index contributed by atoms with van der Waals surface area (Å²) in [5.74, 6) is 0. The SMILES string of the molecule is CC1CO1.OCC(O)CO. The Labute approximate surface area is 60.1 Å². The number of aliphatic hydroxyl groups excluding tert-OH is 3. The summed E-state index contributed by atoms with van der Waals surface area (Å²) in [7, 11) is 0. The van der Waals surface area contributed by atoms with Crippen LogP contribution in [0.25, 0.3) is 0 Å². The van der Waals surface area contributed by atoms with Crippen LogP contribution in [0.15, 0.2) is 0 Å². The molecule has 4 nitrogen and oxygen atoms in total. The molecule has 0 saturated carbocycles. The molecule has 1 aliphatic heterocycles. The minimum atomic E-state index is -0.954. The summed E-state index contributed by atoms with van der Waals surface area (Å²) in [4.78, 5) is 0. The lowest BCUT2D eigenvalue weighted by atomic mass is 10.4. The second-order valence-electron chi connectivity index (χ2n) is 2.16. The van der Waals surface area contributed by atoms with Gasteiger partial charge in [-0.05, 0) is 6.92 Å². The highest BCUT2D eigenvalue weighted by Gasteiger charge is 2.13. The van der Waals surface area contributed by atoms with E-state index in [9.17, 15) is 0 Å². The van der Waals surface area contributed by atoms with E-state index in [1.54, 1.807) is 0 Å². The minimum Gasteiger partial charge on any atom is -0.394 e. The van der Waals surface area contributed by atoms with Gasteiger partial charge in [-0.1, -0.05) is 0 Å². The van der Waals surface area contributed by atoms with E-state index in [0.717, 1.165) is 6.61 Å². The lowest BCUT2D eigenvalue weighted by Gasteiger charge is -1.96. The van der Waals surface area contributed by atoms with E-state index >= 15 is 0 Å². The van der Waals surface area contributed by atoms with Crippen LogP contribution < -0.4 is 0 Å². The average molecular weight is 150 g/mol. The molecule has 1 unspecified atom stereocenters. The maximum absolute atomic E-state index is 8.17. The molecular weight excluding hydrogens is 136 g/mol. The molecule has 0 aromatic carbocycles. The van der Waals surface area contributed by atoms with Crippen LogP contribution in [-0.4, -0.2) is 47.3 Å². The summed E-state index contributed by atoms with van der Waals surface area (Å²) in [5, 5.41) is 24.0. The highest BCUT2D eigenvalue weighted by Crippen LogP contribution is 2.04. The van der Waals surface area contributed by atoms with Gasteiger partial charge >= 0.3 is 0 Å². The third-order valence-electron chi connectivity index (χ3n) is 0.921. The number of aliphatic hydroxyl groups is 3. The second-order valence-corrected chi connectivity index (χ2v) is 2.16. The zero-order valence-electron chi connectivity index (χ0n) is 6.03. The Kier molecular flexibility index (Phi) is 5.52. The molecule has 0 aromatic heterocycles. The van der Waals surface area contributed by atoms with E-state index in [-0.39, 0.29) is 13.2 Å². The van der Waals surface area contributed by atoms with Gasteiger partial charge in [-0.3, -0.25) is 0 Å². The van der Waals surface area contributed by atoms with Gasteiger partial charge in [0, 0.05) is 0 Å². The quantitative estimate of drug-likeness (QED) is 0.429. The fraction of sp³-hybridized carbons (Fsp3) is 1.00. The van der Waals surface area contributed by atoms with Gasteiger partial charge in [0.25, 0.3) is 0 Å². The average Bonchev–Trinajstić information content (AvgIpc) is 2.71. The minimum absolute atomic E-state index is 0.365. The smallest absolute Gasteiger partial charge is 0.100 e. The maximum atomic E-state index is 8.17. The highest BCUT2D eigenvalue weighted by molar-refractivity contribution is 4.58. The van der Waals surface area contributed by atoms with E-state index < -0.39 is 6.10 Å². The van der Waals surface area contributed by atoms with Gasteiger partial charge < -0.3 is 20.1 Å². The topological polar surface area (TPSA) is 73.2 Å². The number of rotatable bonds is 2. The van der Waals surface area contributed by atoms with Crippen molar-refractivity contribution in [1.29, 1.82) is 0 Å². The van der Waals surface area contributed by atoms with Crippen molar-refractivity contribution in [3.05, 3.63) is 0 Å². The summed E-state index contributed by atoms with van der Waals surface area (Å²) in [6.45, 7) is 2.31. The maximum Gasteiger partial charge on any atom is 0.100 e. The zero-order chi connectivity index (χ0) is 7.98. The standard InChI is InChI=1S/C3H8O3.C3H6O/c4-1-3(6)2-5;1-3-2-4-3/h3-6H,1-2H2;3H,2H2,1H3. The largest absolute Gasteiger partial charge is 0.394 e. The normalized spacial score (nSPS) is 21.9. The van der Waals surface area contributed by atoms with Gasteiger partial charge in [0.05, 0.1) is 25.9 Å². The molecule has 0 bridgehead atoms. The van der Waals surface area contributed by atoms with Crippen LogP contribution in [0.4, 0.5) is 0 Å². The third-order valence-corrected chi connectivity index (χ3v) is 0.921. The third kappa shape index (κ3) is 7.84. The number of hydrogen-bond acceptors (Lipinski definition) is 4. The molecule has 3 N–H and O–H groups in total. The number of hydrogen-bond donors (Lipinski definition) is 3. The van der Waals surface area contributed by atoms with Crippen molar-refractivity contribution < 1.29 is 20.1 Å².